The van der Waals surface area contributed by atoms with Gasteiger partial charge in [0.1, 0.15) is 17.5 Å². The molecule has 1 fully saturated rings. The highest BCUT2D eigenvalue weighted by molar-refractivity contribution is 8.01. The fraction of sp³-hybridized carbons (Fsp3) is 0.423. The second-order valence-corrected chi connectivity index (χ2v) is 11.4. The van der Waals surface area contributed by atoms with Crippen LogP contribution in [0.1, 0.15) is 60.1 Å². The van der Waals surface area contributed by atoms with Gasteiger partial charge in [0.05, 0.1) is 0 Å². The van der Waals surface area contributed by atoms with Crippen molar-refractivity contribution >= 4 is 29.5 Å². The third-order valence-electron chi connectivity index (χ3n) is 6.38. The van der Waals surface area contributed by atoms with Crippen LogP contribution in [0.5, 0.6) is 0 Å². The smallest absolute Gasteiger partial charge is 0.256 e. The van der Waals surface area contributed by atoms with Gasteiger partial charge in [0.2, 0.25) is 11.8 Å². The van der Waals surface area contributed by atoms with Gasteiger partial charge in [-0.05, 0) is 43.9 Å². The minimum Gasteiger partial charge on any atom is -0.350 e. The van der Waals surface area contributed by atoms with Gasteiger partial charge >= 0.3 is 0 Å². The largest absolute Gasteiger partial charge is 0.350 e. The van der Waals surface area contributed by atoms with Crippen LogP contribution in [0.2, 0.25) is 0 Å². The molecule has 2 heterocycles. The van der Waals surface area contributed by atoms with Crippen LogP contribution < -0.4 is 10.6 Å². The normalized spacial score (nSPS) is 21.5. The molecule has 7 heteroatoms. The molecule has 33 heavy (non-hydrogen) atoms. The van der Waals surface area contributed by atoms with Gasteiger partial charge in [-0.2, -0.15) is 0 Å². The maximum atomic E-state index is 13.5. The van der Waals surface area contributed by atoms with E-state index in [2.05, 4.69) is 10.6 Å². The van der Waals surface area contributed by atoms with E-state index in [4.69, 9.17) is 0 Å². The first-order valence-electron chi connectivity index (χ1n) is 11.3. The average Bonchev–Trinajstić information content (AvgIpc) is 3.20. The van der Waals surface area contributed by atoms with Gasteiger partial charge in [0.15, 0.2) is 0 Å². The van der Waals surface area contributed by atoms with Crippen molar-refractivity contribution in [2.45, 2.75) is 63.4 Å². The van der Waals surface area contributed by atoms with Crippen molar-refractivity contribution in [2.24, 2.45) is 5.92 Å². The zero-order chi connectivity index (χ0) is 23.9. The Morgan fingerprint density at radius 3 is 2.42 bits per heavy atom. The molecule has 0 radical (unpaired) electrons. The van der Waals surface area contributed by atoms with E-state index >= 15 is 0 Å². The van der Waals surface area contributed by atoms with Crippen LogP contribution in [-0.4, -0.2) is 39.5 Å². The van der Waals surface area contributed by atoms with E-state index in [1.165, 1.54) is 0 Å². The number of amides is 3. The fourth-order valence-electron chi connectivity index (χ4n) is 4.58. The lowest BCUT2D eigenvalue weighted by molar-refractivity contribution is -0.132. The molecular formula is C26H31N3O3S. The lowest BCUT2D eigenvalue weighted by Gasteiger charge is -2.32. The first-order chi connectivity index (χ1) is 15.6. The van der Waals surface area contributed by atoms with E-state index < -0.39 is 16.8 Å². The van der Waals surface area contributed by atoms with Crippen LogP contribution in [0, 0.1) is 12.8 Å². The summed E-state index contributed by atoms with van der Waals surface area (Å²) in [5.74, 6) is -0.750. The number of aryl methyl sites for hydroxylation is 1. The Hall–Kier alpha value is -2.80. The molecule has 6 nitrogen and oxygen atoms in total. The predicted molar refractivity (Wildman–Crippen MR) is 131 cm³/mol. The van der Waals surface area contributed by atoms with E-state index in [0.29, 0.717) is 12.1 Å². The highest BCUT2D eigenvalue weighted by Gasteiger charge is 2.57. The second-order valence-electron chi connectivity index (χ2n) is 9.71. The van der Waals surface area contributed by atoms with Crippen LogP contribution in [0.25, 0.3) is 0 Å². The molecule has 4 rings (SSSR count). The van der Waals surface area contributed by atoms with Crippen LogP contribution >= 0.6 is 11.8 Å². The highest BCUT2D eigenvalue weighted by atomic mass is 32.2. The van der Waals surface area contributed by atoms with Crippen molar-refractivity contribution < 1.29 is 14.4 Å². The number of fused-ring (bicyclic) bond motifs is 3. The van der Waals surface area contributed by atoms with Crippen molar-refractivity contribution in [1.29, 1.82) is 0 Å². The number of rotatable bonds is 6. The van der Waals surface area contributed by atoms with Gasteiger partial charge in [-0.15, -0.1) is 11.8 Å². The number of carbonyl (C=O) groups is 3. The number of benzene rings is 2. The molecule has 0 saturated carbocycles. The zero-order valence-corrected chi connectivity index (χ0v) is 20.5. The summed E-state index contributed by atoms with van der Waals surface area (Å²) in [4.78, 5) is 41.4. The molecule has 2 aromatic carbocycles. The molecule has 1 saturated heterocycles. The van der Waals surface area contributed by atoms with E-state index in [1.807, 2.05) is 83.1 Å². The monoisotopic (exact) mass is 465 g/mol. The Labute approximate surface area is 199 Å². The highest BCUT2D eigenvalue weighted by Crippen LogP contribution is 2.56. The molecule has 2 aromatic rings. The quantitative estimate of drug-likeness (QED) is 0.680. The topological polar surface area (TPSA) is 78.5 Å². The molecule has 2 aliphatic rings. The Balaban J connectivity index is 1.49. The third kappa shape index (κ3) is 4.38. The summed E-state index contributed by atoms with van der Waals surface area (Å²) in [6.07, 6.45) is 0. The maximum absolute atomic E-state index is 13.5. The van der Waals surface area contributed by atoms with Crippen molar-refractivity contribution in [3.05, 3.63) is 70.8 Å². The molecule has 3 amide bonds. The zero-order valence-electron chi connectivity index (χ0n) is 19.7. The van der Waals surface area contributed by atoms with Crippen molar-refractivity contribution in [2.75, 3.05) is 0 Å². The summed E-state index contributed by atoms with van der Waals surface area (Å²) in [6, 6.07) is 14.1. The van der Waals surface area contributed by atoms with E-state index in [-0.39, 0.29) is 29.0 Å². The summed E-state index contributed by atoms with van der Waals surface area (Å²) in [7, 11) is 0. The third-order valence-corrected chi connectivity index (χ3v) is 7.91. The van der Waals surface area contributed by atoms with Gasteiger partial charge in [0.25, 0.3) is 5.91 Å². The van der Waals surface area contributed by atoms with Gasteiger partial charge in [-0.3, -0.25) is 14.4 Å². The average molecular weight is 466 g/mol. The van der Waals surface area contributed by atoms with E-state index in [0.717, 1.165) is 16.7 Å². The standard InChI is InChI=1S/C26H31N3O3S/c1-15(2)20(22(30)27-14-17-12-10-16(3)11-13-17)28-23(31)21-26(4,5)33-25-19-9-7-6-8-18(19)24(32)29(21)25/h6-13,15,20-21,25H,14H2,1-5H3,(H,27,30)(H,28,31). The van der Waals surface area contributed by atoms with Crippen LogP contribution in [0.4, 0.5) is 0 Å². The number of carbonyl (C=O) groups excluding carboxylic acids is 3. The predicted octanol–water partition coefficient (Wildman–Crippen LogP) is 3.80. The maximum Gasteiger partial charge on any atom is 0.256 e. The lowest BCUT2D eigenvalue weighted by Crippen LogP contribution is -2.58. The molecule has 0 aromatic heterocycles. The van der Waals surface area contributed by atoms with Gasteiger partial charge < -0.3 is 15.5 Å². The summed E-state index contributed by atoms with van der Waals surface area (Å²) >= 11 is 1.62. The van der Waals surface area contributed by atoms with Crippen molar-refractivity contribution in [3.63, 3.8) is 0 Å². The summed E-state index contributed by atoms with van der Waals surface area (Å²) in [5.41, 5.74) is 3.76. The van der Waals surface area contributed by atoms with Crippen LogP contribution in [-0.2, 0) is 16.1 Å². The Morgan fingerprint density at radius 2 is 1.76 bits per heavy atom. The minimum absolute atomic E-state index is 0.105. The lowest BCUT2D eigenvalue weighted by atomic mass is 9.98. The van der Waals surface area contributed by atoms with E-state index in [9.17, 15) is 14.4 Å². The van der Waals surface area contributed by atoms with Gasteiger partial charge in [0, 0.05) is 16.9 Å². The molecule has 2 aliphatic heterocycles. The van der Waals surface area contributed by atoms with Crippen LogP contribution in [0.3, 0.4) is 0 Å². The molecule has 3 unspecified atom stereocenters. The Bertz CT molecular complexity index is 1080. The first-order valence-corrected chi connectivity index (χ1v) is 12.2. The number of thioether (sulfide) groups is 1. The molecule has 2 N–H and O–H groups in total. The number of hydrogen-bond donors (Lipinski definition) is 2. The summed E-state index contributed by atoms with van der Waals surface area (Å²) in [5, 5.41) is 5.72. The molecule has 3 atom stereocenters. The van der Waals surface area contributed by atoms with E-state index in [1.54, 1.807) is 16.7 Å². The number of hydrogen-bond acceptors (Lipinski definition) is 4. The van der Waals surface area contributed by atoms with Crippen molar-refractivity contribution in [1.82, 2.24) is 15.5 Å². The number of nitrogens with one attached hydrogen (secondary N) is 2. The minimum atomic E-state index is -0.692. The summed E-state index contributed by atoms with van der Waals surface area (Å²) in [6.45, 7) is 10.2. The summed E-state index contributed by atoms with van der Waals surface area (Å²) < 4.78 is -0.488. The number of nitrogens with zero attached hydrogens (tertiary/aromatic N) is 1. The molecule has 174 valence electrons. The van der Waals surface area contributed by atoms with Gasteiger partial charge in [-0.25, -0.2) is 0 Å². The second kappa shape index (κ2) is 8.86. The van der Waals surface area contributed by atoms with Crippen LogP contribution in [0.15, 0.2) is 48.5 Å². The molecular weight excluding hydrogens is 434 g/mol. The van der Waals surface area contributed by atoms with Gasteiger partial charge in [-0.1, -0.05) is 61.9 Å². The molecule has 0 aliphatic carbocycles. The molecule has 0 bridgehead atoms. The first kappa shape index (κ1) is 23.4. The Kier molecular flexibility index (Phi) is 6.27. The molecule has 0 spiro atoms. The SMILES string of the molecule is Cc1ccc(CNC(=O)C(NC(=O)C2N3C(=O)c4ccccc4C3SC2(C)C)C(C)C)cc1. The fourth-order valence-corrected chi connectivity index (χ4v) is 6.17. The Morgan fingerprint density at radius 1 is 1.09 bits per heavy atom. The van der Waals surface area contributed by atoms with Crippen molar-refractivity contribution in [3.8, 4) is 0 Å².